The molecule has 1 amide bonds. The second-order valence-electron chi connectivity index (χ2n) is 7.28. The van der Waals surface area contributed by atoms with E-state index in [2.05, 4.69) is 69.9 Å². The lowest BCUT2D eigenvalue weighted by Crippen LogP contribution is -2.32. The molecule has 0 aliphatic heterocycles. The van der Waals surface area contributed by atoms with Crippen molar-refractivity contribution in [1.29, 1.82) is 0 Å². The predicted molar refractivity (Wildman–Crippen MR) is 104 cm³/mol. The zero-order valence-corrected chi connectivity index (χ0v) is 15.6. The van der Waals surface area contributed by atoms with Gasteiger partial charge >= 0.3 is 0 Å². The molecule has 2 heteroatoms. The molecule has 1 N–H and O–H groups in total. The summed E-state index contributed by atoms with van der Waals surface area (Å²) in [5.41, 5.74) is 9.32. The number of carbonyl (C=O) groups excluding carboxylic acids is 1. The molecule has 130 valence electrons. The zero-order chi connectivity index (χ0) is 18.1. The molecular weight excluding hydrogens is 306 g/mol. The summed E-state index contributed by atoms with van der Waals surface area (Å²) < 4.78 is 0. The first-order chi connectivity index (χ1) is 11.9. The van der Waals surface area contributed by atoms with Crippen molar-refractivity contribution in [3.05, 3.63) is 81.9 Å². The molecule has 0 bridgehead atoms. The van der Waals surface area contributed by atoms with E-state index in [1.807, 2.05) is 0 Å². The summed E-state index contributed by atoms with van der Waals surface area (Å²) in [6, 6.07) is 11.2. The molecule has 2 aromatic rings. The van der Waals surface area contributed by atoms with E-state index in [-0.39, 0.29) is 11.9 Å². The van der Waals surface area contributed by atoms with Gasteiger partial charge in [0, 0.05) is 5.92 Å². The van der Waals surface area contributed by atoms with Crippen molar-refractivity contribution in [2.45, 2.75) is 52.5 Å². The van der Waals surface area contributed by atoms with E-state index in [0.717, 1.165) is 12.8 Å². The molecule has 1 aliphatic carbocycles. The van der Waals surface area contributed by atoms with Crippen LogP contribution in [0.1, 0.15) is 63.7 Å². The fraction of sp³-hybridized carbons (Fsp3) is 0.348. The van der Waals surface area contributed by atoms with Gasteiger partial charge in [0.1, 0.15) is 0 Å². The summed E-state index contributed by atoms with van der Waals surface area (Å²) in [6.45, 7) is 12.3. The predicted octanol–water partition coefficient (Wildman–Crippen LogP) is 5.19. The molecule has 2 atom stereocenters. The first-order valence-corrected chi connectivity index (χ1v) is 9.02. The SMILES string of the molecule is C=CC(=O)N[C@@H]1CC[C@@H](c2cc(C)ccc2C)c2c(C)ccc(C)c21. The lowest BCUT2D eigenvalue weighted by molar-refractivity contribution is -0.117. The summed E-state index contributed by atoms with van der Waals surface area (Å²) in [5.74, 6) is 0.300. The Balaban J connectivity index is 2.14. The second-order valence-corrected chi connectivity index (χ2v) is 7.28. The number of hydrogen-bond donors (Lipinski definition) is 1. The van der Waals surface area contributed by atoms with E-state index in [0.29, 0.717) is 5.92 Å². The molecule has 0 saturated heterocycles. The summed E-state index contributed by atoms with van der Waals surface area (Å²) in [4.78, 5) is 11.9. The minimum absolute atomic E-state index is 0.0711. The number of benzene rings is 2. The van der Waals surface area contributed by atoms with Crippen LogP contribution in [0.3, 0.4) is 0 Å². The lowest BCUT2D eigenvalue weighted by atomic mass is 9.72. The number of rotatable bonds is 3. The number of carbonyl (C=O) groups is 1. The molecule has 1 aliphatic rings. The smallest absolute Gasteiger partial charge is 0.243 e. The molecule has 0 heterocycles. The van der Waals surface area contributed by atoms with E-state index < -0.39 is 0 Å². The molecule has 0 aromatic heterocycles. The van der Waals surface area contributed by atoms with Crippen molar-refractivity contribution in [2.75, 3.05) is 0 Å². The van der Waals surface area contributed by atoms with Crippen LogP contribution in [0.25, 0.3) is 0 Å². The minimum Gasteiger partial charge on any atom is -0.346 e. The Bertz CT molecular complexity index is 834. The molecule has 0 saturated carbocycles. The molecular formula is C23H27NO. The van der Waals surface area contributed by atoms with Crippen LogP contribution >= 0.6 is 0 Å². The topological polar surface area (TPSA) is 29.1 Å². The van der Waals surface area contributed by atoms with Crippen LogP contribution in [0, 0.1) is 27.7 Å². The molecule has 25 heavy (non-hydrogen) atoms. The number of fused-ring (bicyclic) bond motifs is 1. The third kappa shape index (κ3) is 3.26. The highest BCUT2D eigenvalue weighted by Gasteiger charge is 2.32. The highest BCUT2D eigenvalue weighted by Crippen LogP contribution is 2.45. The number of hydrogen-bond acceptors (Lipinski definition) is 1. The van der Waals surface area contributed by atoms with Crippen LogP contribution in [0.5, 0.6) is 0 Å². The first-order valence-electron chi connectivity index (χ1n) is 9.02. The number of nitrogens with one attached hydrogen (secondary N) is 1. The average molecular weight is 333 g/mol. The van der Waals surface area contributed by atoms with Crippen LogP contribution in [0.15, 0.2) is 43.0 Å². The van der Waals surface area contributed by atoms with Gasteiger partial charge in [-0.25, -0.2) is 0 Å². The van der Waals surface area contributed by atoms with Gasteiger partial charge in [0.25, 0.3) is 0 Å². The van der Waals surface area contributed by atoms with E-state index in [9.17, 15) is 4.79 Å². The van der Waals surface area contributed by atoms with Gasteiger partial charge in [-0.2, -0.15) is 0 Å². The Morgan fingerprint density at radius 3 is 2.32 bits per heavy atom. The van der Waals surface area contributed by atoms with Gasteiger partial charge in [-0.05, 0) is 80.0 Å². The van der Waals surface area contributed by atoms with Crippen LogP contribution in [0.4, 0.5) is 0 Å². The Labute approximate surface area is 151 Å². The maximum absolute atomic E-state index is 11.9. The largest absolute Gasteiger partial charge is 0.346 e. The highest BCUT2D eigenvalue weighted by molar-refractivity contribution is 5.87. The van der Waals surface area contributed by atoms with Gasteiger partial charge in [-0.3, -0.25) is 4.79 Å². The summed E-state index contributed by atoms with van der Waals surface area (Å²) in [5, 5.41) is 3.13. The monoisotopic (exact) mass is 333 g/mol. The Morgan fingerprint density at radius 2 is 1.64 bits per heavy atom. The van der Waals surface area contributed by atoms with Crippen LogP contribution in [0.2, 0.25) is 0 Å². The van der Waals surface area contributed by atoms with Gasteiger partial charge < -0.3 is 5.32 Å². The van der Waals surface area contributed by atoms with Crippen molar-refractivity contribution in [3.8, 4) is 0 Å². The lowest BCUT2D eigenvalue weighted by Gasteiger charge is -2.35. The Morgan fingerprint density at radius 1 is 1.00 bits per heavy atom. The van der Waals surface area contributed by atoms with Crippen molar-refractivity contribution in [2.24, 2.45) is 0 Å². The molecule has 0 unspecified atom stereocenters. The second kappa shape index (κ2) is 6.87. The van der Waals surface area contributed by atoms with Crippen LogP contribution in [-0.2, 0) is 4.79 Å². The van der Waals surface area contributed by atoms with E-state index in [1.165, 1.54) is 45.0 Å². The maximum atomic E-state index is 11.9. The Kier molecular flexibility index (Phi) is 4.80. The summed E-state index contributed by atoms with van der Waals surface area (Å²) >= 11 is 0. The minimum atomic E-state index is -0.0953. The fourth-order valence-corrected chi connectivity index (χ4v) is 4.22. The van der Waals surface area contributed by atoms with E-state index >= 15 is 0 Å². The zero-order valence-electron chi connectivity index (χ0n) is 15.6. The molecule has 2 nitrogen and oxygen atoms in total. The number of aryl methyl sites for hydroxylation is 4. The summed E-state index contributed by atoms with van der Waals surface area (Å²) in [7, 11) is 0. The third-order valence-corrected chi connectivity index (χ3v) is 5.48. The van der Waals surface area contributed by atoms with Crippen molar-refractivity contribution in [1.82, 2.24) is 5.32 Å². The third-order valence-electron chi connectivity index (χ3n) is 5.48. The van der Waals surface area contributed by atoms with Crippen LogP contribution in [-0.4, -0.2) is 5.91 Å². The standard InChI is InChI=1S/C23H27NO/c1-6-21(25)24-20-12-11-18(19-13-14(2)7-8-15(19)3)22-16(4)9-10-17(5)23(20)22/h6-10,13,18,20H,1,11-12H2,2-5H3,(H,24,25)/t18-,20+/m0/s1. The van der Waals surface area contributed by atoms with Crippen molar-refractivity contribution in [3.63, 3.8) is 0 Å². The van der Waals surface area contributed by atoms with Gasteiger partial charge in [0.05, 0.1) is 6.04 Å². The van der Waals surface area contributed by atoms with Gasteiger partial charge in [-0.15, -0.1) is 0 Å². The summed E-state index contributed by atoms with van der Waals surface area (Å²) in [6.07, 6.45) is 3.36. The molecule has 2 aromatic carbocycles. The first kappa shape index (κ1) is 17.5. The molecule has 0 spiro atoms. The average Bonchev–Trinajstić information content (AvgIpc) is 2.60. The quantitative estimate of drug-likeness (QED) is 0.770. The Hall–Kier alpha value is -2.35. The van der Waals surface area contributed by atoms with Crippen molar-refractivity contribution >= 4 is 5.91 Å². The van der Waals surface area contributed by atoms with Crippen molar-refractivity contribution < 1.29 is 4.79 Å². The fourth-order valence-electron chi connectivity index (χ4n) is 4.22. The van der Waals surface area contributed by atoms with E-state index in [1.54, 1.807) is 0 Å². The maximum Gasteiger partial charge on any atom is 0.243 e. The van der Waals surface area contributed by atoms with Gasteiger partial charge in [0.2, 0.25) is 5.91 Å². The highest BCUT2D eigenvalue weighted by atomic mass is 16.1. The normalized spacial score (nSPS) is 19.2. The van der Waals surface area contributed by atoms with Gasteiger partial charge in [0.15, 0.2) is 0 Å². The van der Waals surface area contributed by atoms with E-state index in [4.69, 9.17) is 0 Å². The molecule has 3 rings (SSSR count). The molecule has 0 radical (unpaired) electrons. The molecule has 0 fully saturated rings. The number of amides is 1. The van der Waals surface area contributed by atoms with Crippen LogP contribution < -0.4 is 5.32 Å². The van der Waals surface area contributed by atoms with Gasteiger partial charge in [-0.1, -0.05) is 42.5 Å².